The molecule has 0 aliphatic carbocycles. The Morgan fingerprint density at radius 2 is 1.88 bits per heavy atom. The van der Waals surface area contributed by atoms with Crippen molar-refractivity contribution in [1.29, 1.82) is 0 Å². The van der Waals surface area contributed by atoms with Gasteiger partial charge in [-0.1, -0.05) is 19.9 Å². The van der Waals surface area contributed by atoms with Crippen molar-refractivity contribution in [1.82, 2.24) is 15.2 Å². The van der Waals surface area contributed by atoms with Gasteiger partial charge >= 0.3 is 0 Å². The van der Waals surface area contributed by atoms with Crippen LogP contribution in [0.3, 0.4) is 0 Å². The number of nitrogens with one attached hydrogen (secondary N) is 2. The second kappa shape index (κ2) is 9.11. The molecule has 1 aliphatic rings. The van der Waals surface area contributed by atoms with E-state index >= 15 is 0 Å². The van der Waals surface area contributed by atoms with Gasteiger partial charge in [0, 0.05) is 25.1 Å². The molecule has 1 saturated heterocycles. The summed E-state index contributed by atoms with van der Waals surface area (Å²) in [5.74, 6) is -0.468. The summed E-state index contributed by atoms with van der Waals surface area (Å²) in [6.07, 6.45) is 1.03. The number of sulfonamides is 1. The van der Waals surface area contributed by atoms with E-state index in [0.717, 1.165) is 6.42 Å². The highest BCUT2D eigenvalue weighted by Gasteiger charge is 2.26. The van der Waals surface area contributed by atoms with Gasteiger partial charge in [-0.3, -0.25) is 20.4 Å². The van der Waals surface area contributed by atoms with Crippen LogP contribution in [-0.4, -0.2) is 50.8 Å². The van der Waals surface area contributed by atoms with Gasteiger partial charge in [-0.2, -0.15) is 4.31 Å². The van der Waals surface area contributed by atoms with E-state index in [1.54, 1.807) is 0 Å². The molecular formula is C17H25N3O5S. The lowest BCUT2D eigenvalue weighted by molar-refractivity contribution is -0.122. The molecule has 1 aromatic carbocycles. The van der Waals surface area contributed by atoms with Crippen molar-refractivity contribution in [3.8, 4) is 0 Å². The van der Waals surface area contributed by atoms with Crippen molar-refractivity contribution < 1.29 is 22.7 Å². The van der Waals surface area contributed by atoms with Crippen LogP contribution in [0.1, 0.15) is 37.0 Å². The summed E-state index contributed by atoms with van der Waals surface area (Å²) < 4.78 is 31.8. The Morgan fingerprint density at radius 3 is 2.54 bits per heavy atom. The van der Waals surface area contributed by atoms with Crippen molar-refractivity contribution in [3.63, 3.8) is 0 Å². The average Bonchev–Trinajstić information content (AvgIpc) is 2.65. The monoisotopic (exact) mass is 383 g/mol. The predicted octanol–water partition coefficient (Wildman–Crippen LogP) is 0.905. The van der Waals surface area contributed by atoms with E-state index < -0.39 is 15.9 Å². The van der Waals surface area contributed by atoms with Crippen LogP contribution in [-0.2, 0) is 19.6 Å². The summed E-state index contributed by atoms with van der Waals surface area (Å²) in [6.45, 7) is 5.28. The fraction of sp³-hybridized carbons (Fsp3) is 0.529. The zero-order chi connectivity index (χ0) is 19.2. The van der Waals surface area contributed by atoms with Gasteiger partial charge in [0.25, 0.3) is 5.91 Å². The van der Waals surface area contributed by atoms with Crippen LogP contribution in [0.15, 0.2) is 29.2 Å². The largest absolute Gasteiger partial charge is 0.379 e. The minimum Gasteiger partial charge on any atom is -0.379 e. The highest BCUT2D eigenvalue weighted by atomic mass is 32.2. The molecule has 8 nitrogen and oxygen atoms in total. The Morgan fingerprint density at radius 1 is 1.19 bits per heavy atom. The van der Waals surface area contributed by atoms with Crippen LogP contribution < -0.4 is 10.9 Å². The molecule has 0 aromatic heterocycles. The summed E-state index contributed by atoms with van der Waals surface area (Å²) >= 11 is 0. The predicted molar refractivity (Wildman–Crippen MR) is 95.7 cm³/mol. The van der Waals surface area contributed by atoms with Gasteiger partial charge in [0.1, 0.15) is 0 Å². The second-order valence-corrected chi connectivity index (χ2v) is 8.42. The van der Waals surface area contributed by atoms with Crippen LogP contribution in [0.4, 0.5) is 0 Å². The van der Waals surface area contributed by atoms with E-state index in [4.69, 9.17) is 4.74 Å². The van der Waals surface area contributed by atoms with E-state index in [1.165, 1.54) is 28.6 Å². The van der Waals surface area contributed by atoms with Gasteiger partial charge in [-0.25, -0.2) is 8.42 Å². The number of hydrogen-bond donors (Lipinski definition) is 2. The third kappa shape index (κ3) is 5.52. The van der Waals surface area contributed by atoms with Crippen LogP contribution in [0.2, 0.25) is 0 Å². The SMILES string of the molecule is CC(C)CCC(=O)NNC(=O)c1cccc(S(=O)(=O)N2CCOCC2)c1. The first-order valence-electron chi connectivity index (χ1n) is 8.58. The summed E-state index contributed by atoms with van der Waals surface area (Å²) in [6, 6.07) is 5.75. The fourth-order valence-electron chi connectivity index (χ4n) is 2.41. The molecule has 1 heterocycles. The molecule has 0 bridgehead atoms. The molecule has 1 aromatic rings. The first-order chi connectivity index (χ1) is 12.3. The van der Waals surface area contributed by atoms with Crippen molar-refractivity contribution in [2.24, 2.45) is 5.92 Å². The Kier molecular flexibility index (Phi) is 7.13. The number of ether oxygens (including phenoxy) is 1. The van der Waals surface area contributed by atoms with Crippen molar-refractivity contribution in [3.05, 3.63) is 29.8 Å². The molecule has 2 rings (SSSR count). The zero-order valence-electron chi connectivity index (χ0n) is 15.0. The molecule has 0 spiro atoms. The smallest absolute Gasteiger partial charge is 0.269 e. The first-order valence-corrected chi connectivity index (χ1v) is 10.0. The third-order valence-electron chi connectivity index (χ3n) is 3.97. The maximum Gasteiger partial charge on any atom is 0.269 e. The number of carbonyl (C=O) groups is 2. The summed E-state index contributed by atoms with van der Waals surface area (Å²) in [4.78, 5) is 23.9. The standard InChI is InChI=1S/C17H25N3O5S/c1-13(2)6-7-16(21)18-19-17(22)14-4-3-5-15(12-14)26(23,24)20-8-10-25-11-9-20/h3-5,12-13H,6-11H2,1-2H3,(H,18,21)(H,19,22). The Bertz CT molecular complexity index is 743. The lowest BCUT2D eigenvalue weighted by atomic mass is 10.1. The zero-order valence-corrected chi connectivity index (χ0v) is 15.8. The number of hydrazine groups is 1. The minimum absolute atomic E-state index is 0.0400. The highest BCUT2D eigenvalue weighted by molar-refractivity contribution is 7.89. The van der Waals surface area contributed by atoms with Crippen molar-refractivity contribution in [2.45, 2.75) is 31.6 Å². The third-order valence-corrected chi connectivity index (χ3v) is 5.86. The van der Waals surface area contributed by atoms with Crippen LogP contribution in [0, 0.1) is 5.92 Å². The molecule has 0 unspecified atom stereocenters. The molecule has 0 saturated carbocycles. The number of amides is 2. The van der Waals surface area contributed by atoms with Crippen LogP contribution >= 0.6 is 0 Å². The molecule has 2 amide bonds. The molecule has 0 radical (unpaired) electrons. The number of rotatable bonds is 6. The van der Waals surface area contributed by atoms with Crippen LogP contribution in [0.25, 0.3) is 0 Å². The Balaban J connectivity index is 2.01. The number of hydrogen-bond acceptors (Lipinski definition) is 5. The highest BCUT2D eigenvalue weighted by Crippen LogP contribution is 2.18. The van der Waals surface area contributed by atoms with E-state index in [2.05, 4.69) is 10.9 Å². The Hall–Kier alpha value is -1.97. The molecule has 1 fully saturated rings. The molecular weight excluding hydrogens is 358 g/mol. The molecule has 9 heteroatoms. The fourth-order valence-corrected chi connectivity index (χ4v) is 3.87. The number of nitrogens with zero attached hydrogens (tertiary/aromatic N) is 1. The first kappa shape index (κ1) is 20.3. The average molecular weight is 383 g/mol. The molecule has 1 aliphatic heterocycles. The summed E-state index contributed by atoms with van der Waals surface area (Å²) in [5, 5.41) is 0. The van der Waals surface area contributed by atoms with E-state index in [1.807, 2.05) is 13.8 Å². The Labute approximate surface area is 153 Å². The maximum absolute atomic E-state index is 12.6. The number of benzene rings is 1. The van der Waals surface area contributed by atoms with Crippen LogP contribution in [0.5, 0.6) is 0 Å². The minimum atomic E-state index is -3.68. The molecule has 2 N–H and O–H groups in total. The van der Waals surface area contributed by atoms with E-state index in [0.29, 0.717) is 25.6 Å². The molecule has 0 atom stereocenters. The van der Waals surface area contributed by atoms with Crippen molar-refractivity contribution in [2.75, 3.05) is 26.3 Å². The maximum atomic E-state index is 12.6. The lowest BCUT2D eigenvalue weighted by Crippen LogP contribution is -2.42. The topological polar surface area (TPSA) is 105 Å². The van der Waals surface area contributed by atoms with E-state index in [-0.39, 0.29) is 29.5 Å². The van der Waals surface area contributed by atoms with E-state index in [9.17, 15) is 18.0 Å². The normalized spacial score (nSPS) is 15.7. The number of carbonyl (C=O) groups excluding carboxylic acids is 2. The van der Waals surface area contributed by atoms with Gasteiger partial charge in [0.2, 0.25) is 15.9 Å². The lowest BCUT2D eigenvalue weighted by Gasteiger charge is -2.26. The molecule has 26 heavy (non-hydrogen) atoms. The second-order valence-electron chi connectivity index (χ2n) is 6.48. The number of morpholine rings is 1. The van der Waals surface area contributed by atoms with Gasteiger partial charge in [0.15, 0.2) is 0 Å². The summed E-state index contributed by atoms with van der Waals surface area (Å²) in [5.41, 5.74) is 4.81. The van der Waals surface area contributed by atoms with Gasteiger partial charge in [0.05, 0.1) is 18.1 Å². The summed E-state index contributed by atoms with van der Waals surface area (Å²) in [7, 11) is -3.68. The van der Waals surface area contributed by atoms with Gasteiger partial charge in [-0.15, -0.1) is 0 Å². The van der Waals surface area contributed by atoms with Gasteiger partial charge in [-0.05, 0) is 30.5 Å². The van der Waals surface area contributed by atoms with Gasteiger partial charge < -0.3 is 4.74 Å². The molecule has 144 valence electrons. The quantitative estimate of drug-likeness (QED) is 0.711. The van der Waals surface area contributed by atoms with Crippen molar-refractivity contribution >= 4 is 21.8 Å².